The molecule has 0 unspecified atom stereocenters. The molecule has 7 rings (SSSR count). The van der Waals surface area contributed by atoms with E-state index in [-0.39, 0.29) is 0 Å². The van der Waals surface area contributed by atoms with E-state index in [4.69, 9.17) is 0 Å². The van der Waals surface area contributed by atoms with Crippen molar-refractivity contribution >= 4 is 50.8 Å². The zero-order chi connectivity index (χ0) is 30.0. The van der Waals surface area contributed by atoms with Gasteiger partial charge in [0.15, 0.2) is 0 Å². The molecule has 0 heterocycles. The minimum absolute atomic E-state index is 1.13. The molecule has 0 fully saturated rings. The monoisotopic (exact) mass is 565 g/mol. The molecular formula is C43H35N. The molecule has 0 aliphatic carbocycles. The SMILES string of the molecule is C/C=c1/c(-c2ccc(N(c3ccccc3)c3ccccc3)cc2)c2ccccc2c(-c2ccc3cc(C)ccc3c2)/c1=C/C. The molecule has 7 aromatic rings. The van der Waals surface area contributed by atoms with Gasteiger partial charge in [-0.25, -0.2) is 0 Å². The molecule has 0 radical (unpaired) electrons. The van der Waals surface area contributed by atoms with E-state index in [2.05, 4.69) is 183 Å². The Balaban J connectivity index is 1.43. The van der Waals surface area contributed by atoms with E-state index in [1.54, 1.807) is 0 Å². The van der Waals surface area contributed by atoms with Gasteiger partial charge in [0.2, 0.25) is 0 Å². The van der Waals surface area contributed by atoms with Crippen molar-refractivity contribution in [3.8, 4) is 22.3 Å². The van der Waals surface area contributed by atoms with Crippen LogP contribution in [0, 0.1) is 6.92 Å². The summed E-state index contributed by atoms with van der Waals surface area (Å²) >= 11 is 0. The lowest BCUT2D eigenvalue weighted by Crippen LogP contribution is -2.29. The summed E-state index contributed by atoms with van der Waals surface area (Å²) in [5.74, 6) is 0. The molecule has 0 aliphatic rings. The average molecular weight is 566 g/mol. The summed E-state index contributed by atoms with van der Waals surface area (Å²) in [6.07, 6.45) is 4.56. The van der Waals surface area contributed by atoms with E-state index >= 15 is 0 Å². The minimum atomic E-state index is 1.13. The molecule has 1 nitrogen and oxygen atoms in total. The molecule has 0 aliphatic heterocycles. The van der Waals surface area contributed by atoms with Crippen molar-refractivity contribution in [3.63, 3.8) is 0 Å². The Morgan fingerprint density at radius 2 is 0.886 bits per heavy atom. The van der Waals surface area contributed by atoms with Crippen LogP contribution >= 0.6 is 0 Å². The van der Waals surface area contributed by atoms with Crippen molar-refractivity contribution in [1.82, 2.24) is 0 Å². The molecule has 1 heteroatoms. The van der Waals surface area contributed by atoms with Crippen LogP contribution in [0.2, 0.25) is 0 Å². The van der Waals surface area contributed by atoms with Crippen LogP contribution in [0.15, 0.2) is 146 Å². The highest BCUT2D eigenvalue weighted by Gasteiger charge is 2.16. The van der Waals surface area contributed by atoms with Gasteiger partial charge in [0.25, 0.3) is 0 Å². The average Bonchev–Trinajstić information content (AvgIpc) is 3.08. The first-order chi connectivity index (χ1) is 21.7. The highest BCUT2D eigenvalue weighted by molar-refractivity contribution is 6.06. The third-order valence-corrected chi connectivity index (χ3v) is 8.60. The first-order valence-electron chi connectivity index (χ1n) is 15.3. The van der Waals surface area contributed by atoms with Crippen LogP contribution in [0.1, 0.15) is 19.4 Å². The summed E-state index contributed by atoms with van der Waals surface area (Å²) in [6, 6.07) is 52.7. The van der Waals surface area contributed by atoms with Crippen LogP contribution in [0.5, 0.6) is 0 Å². The fourth-order valence-corrected chi connectivity index (χ4v) is 6.60. The Labute approximate surface area is 259 Å². The number of fused-ring (bicyclic) bond motifs is 2. The van der Waals surface area contributed by atoms with Gasteiger partial charge < -0.3 is 4.90 Å². The smallest absolute Gasteiger partial charge is 0.0462 e. The van der Waals surface area contributed by atoms with Gasteiger partial charge in [0.05, 0.1) is 0 Å². The van der Waals surface area contributed by atoms with Gasteiger partial charge in [-0.2, -0.15) is 0 Å². The maximum atomic E-state index is 2.35. The number of hydrogen-bond acceptors (Lipinski definition) is 1. The van der Waals surface area contributed by atoms with Crippen molar-refractivity contribution in [2.75, 3.05) is 4.90 Å². The van der Waals surface area contributed by atoms with Gasteiger partial charge in [-0.3, -0.25) is 0 Å². The van der Waals surface area contributed by atoms with E-state index in [9.17, 15) is 0 Å². The van der Waals surface area contributed by atoms with Gasteiger partial charge >= 0.3 is 0 Å². The number of nitrogens with zero attached hydrogens (tertiary/aromatic N) is 1. The molecule has 0 saturated carbocycles. The summed E-state index contributed by atoms with van der Waals surface area (Å²) in [6.45, 7) is 6.48. The Bertz CT molecular complexity index is 2190. The van der Waals surface area contributed by atoms with Gasteiger partial charge in [-0.1, -0.05) is 121 Å². The molecule has 0 N–H and O–H groups in total. The molecule has 0 spiro atoms. The largest absolute Gasteiger partial charge is 0.311 e. The summed E-state index contributed by atoms with van der Waals surface area (Å²) in [4.78, 5) is 2.31. The molecule has 44 heavy (non-hydrogen) atoms. The Morgan fingerprint density at radius 1 is 0.432 bits per heavy atom. The van der Waals surface area contributed by atoms with Gasteiger partial charge in [-0.05, 0) is 117 Å². The molecule has 212 valence electrons. The fourth-order valence-electron chi connectivity index (χ4n) is 6.60. The van der Waals surface area contributed by atoms with Crippen LogP contribution in [-0.2, 0) is 0 Å². The van der Waals surface area contributed by atoms with E-state index in [1.807, 2.05) is 0 Å². The Hall–Kier alpha value is -5.40. The summed E-state index contributed by atoms with van der Waals surface area (Å²) in [5.41, 5.74) is 9.71. The quantitative estimate of drug-likeness (QED) is 0.201. The summed E-state index contributed by atoms with van der Waals surface area (Å²) in [7, 11) is 0. The number of anilines is 3. The number of rotatable bonds is 5. The number of aryl methyl sites for hydroxylation is 1. The number of benzene rings is 7. The summed E-state index contributed by atoms with van der Waals surface area (Å²) < 4.78 is 0. The molecular weight excluding hydrogens is 530 g/mol. The van der Waals surface area contributed by atoms with Gasteiger partial charge in [0.1, 0.15) is 0 Å². The lowest BCUT2D eigenvalue weighted by atomic mass is 9.87. The normalized spacial score (nSPS) is 12.2. The van der Waals surface area contributed by atoms with Crippen LogP contribution < -0.4 is 15.3 Å². The number of para-hydroxylation sites is 2. The lowest BCUT2D eigenvalue weighted by Gasteiger charge is -2.25. The standard InChI is InChI=1S/C43H35N/c1-4-38-39(5-2)43(34-23-22-32-28-30(3)20-21-33(32)29-34)41-19-13-12-18-40(41)42(38)31-24-26-37(27-25-31)44(35-14-8-6-9-15-35)36-16-10-7-11-17-36/h4-29H,1-3H3/b38-4+,39-5+. The van der Waals surface area contributed by atoms with E-state index < -0.39 is 0 Å². The van der Waals surface area contributed by atoms with E-state index in [0.717, 1.165) is 17.1 Å². The third kappa shape index (κ3) is 4.87. The zero-order valence-electron chi connectivity index (χ0n) is 25.5. The molecule has 7 aromatic carbocycles. The van der Waals surface area contributed by atoms with Crippen molar-refractivity contribution in [1.29, 1.82) is 0 Å². The van der Waals surface area contributed by atoms with Crippen molar-refractivity contribution in [2.24, 2.45) is 0 Å². The minimum Gasteiger partial charge on any atom is -0.311 e. The first kappa shape index (κ1) is 27.4. The van der Waals surface area contributed by atoms with Gasteiger partial charge in [-0.15, -0.1) is 0 Å². The van der Waals surface area contributed by atoms with Crippen molar-refractivity contribution < 1.29 is 0 Å². The lowest BCUT2D eigenvalue weighted by molar-refractivity contribution is 1.28. The molecule has 0 amide bonds. The summed E-state index contributed by atoms with van der Waals surface area (Å²) in [5, 5.41) is 7.61. The highest BCUT2D eigenvalue weighted by atomic mass is 15.1. The van der Waals surface area contributed by atoms with E-state index in [1.165, 1.54) is 59.8 Å². The zero-order valence-corrected chi connectivity index (χ0v) is 25.5. The van der Waals surface area contributed by atoms with Crippen LogP contribution in [0.4, 0.5) is 17.1 Å². The topological polar surface area (TPSA) is 3.24 Å². The van der Waals surface area contributed by atoms with Crippen molar-refractivity contribution in [2.45, 2.75) is 20.8 Å². The second-order valence-corrected chi connectivity index (χ2v) is 11.3. The Kier molecular flexibility index (Phi) is 7.30. The third-order valence-electron chi connectivity index (χ3n) is 8.60. The first-order valence-corrected chi connectivity index (χ1v) is 15.3. The molecule has 0 atom stereocenters. The van der Waals surface area contributed by atoms with Crippen LogP contribution in [0.25, 0.3) is 56.0 Å². The highest BCUT2D eigenvalue weighted by Crippen LogP contribution is 2.37. The molecule has 0 bridgehead atoms. The predicted molar refractivity (Wildman–Crippen MR) is 191 cm³/mol. The predicted octanol–water partition coefficient (Wildman–Crippen LogP) is 10.7. The van der Waals surface area contributed by atoms with Crippen molar-refractivity contribution in [3.05, 3.63) is 162 Å². The van der Waals surface area contributed by atoms with Crippen LogP contribution in [0.3, 0.4) is 0 Å². The van der Waals surface area contributed by atoms with Gasteiger partial charge in [0, 0.05) is 17.1 Å². The van der Waals surface area contributed by atoms with E-state index in [0.29, 0.717) is 0 Å². The maximum absolute atomic E-state index is 2.35. The second kappa shape index (κ2) is 11.7. The fraction of sp³-hybridized carbons (Fsp3) is 0.0698. The molecule has 0 aromatic heterocycles. The Morgan fingerprint density at radius 3 is 1.45 bits per heavy atom. The van der Waals surface area contributed by atoms with Crippen LogP contribution in [-0.4, -0.2) is 0 Å². The molecule has 0 saturated heterocycles. The maximum Gasteiger partial charge on any atom is 0.0462 e. The second-order valence-electron chi connectivity index (χ2n) is 11.3. The number of hydrogen-bond donors (Lipinski definition) is 0.